The van der Waals surface area contributed by atoms with Crippen LogP contribution in [0.5, 0.6) is 0 Å². The molecular formula is C14H23N3O. The van der Waals surface area contributed by atoms with Gasteiger partial charge in [0.25, 0.3) is 0 Å². The first-order chi connectivity index (χ1) is 8.70. The highest BCUT2D eigenvalue weighted by molar-refractivity contribution is 5.33. The molecule has 100 valence electrons. The number of nitrogens with one attached hydrogen (secondary N) is 1. The van der Waals surface area contributed by atoms with Crippen molar-refractivity contribution >= 4 is 0 Å². The maximum Gasteiger partial charge on any atom is 0.120 e. The molecule has 1 rings (SSSR count). The fraction of sp³-hybridized carbons (Fsp3) is 0.643. The lowest BCUT2D eigenvalue weighted by Crippen LogP contribution is -2.15. The maximum atomic E-state index is 8.94. The number of aliphatic hydroxyl groups is 1. The first kappa shape index (κ1) is 14.7. The van der Waals surface area contributed by atoms with Crippen molar-refractivity contribution in [3.8, 4) is 6.07 Å². The molecule has 4 heteroatoms. The van der Waals surface area contributed by atoms with Crippen molar-refractivity contribution in [2.75, 3.05) is 13.2 Å². The zero-order chi connectivity index (χ0) is 13.4. The van der Waals surface area contributed by atoms with Gasteiger partial charge in [0.1, 0.15) is 11.8 Å². The molecule has 0 aliphatic heterocycles. The van der Waals surface area contributed by atoms with Crippen molar-refractivity contribution in [3.05, 3.63) is 23.0 Å². The average molecular weight is 249 g/mol. The van der Waals surface area contributed by atoms with Crippen LogP contribution in [0.25, 0.3) is 0 Å². The van der Waals surface area contributed by atoms with Gasteiger partial charge in [0, 0.05) is 25.9 Å². The zero-order valence-corrected chi connectivity index (χ0v) is 11.4. The molecule has 0 fully saturated rings. The van der Waals surface area contributed by atoms with Gasteiger partial charge in [-0.15, -0.1) is 0 Å². The van der Waals surface area contributed by atoms with Crippen LogP contribution in [-0.2, 0) is 13.6 Å². The summed E-state index contributed by atoms with van der Waals surface area (Å²) < 4.78 is 1.93. The highest BCUT2D eigenvalue weighted by Gasteiger charge is 2.07. The number of nitriles is 1. The lowest BCUT2D eigenvalue weighted by Gasteiger charge is -2.05. The second-order valence-corrected chi connectivity index (χ2v) is 4.63. The van der Waals surface area contributed by atoms with E-state index in [0.29, 0.717) is 12.3 Å². The van der Waals surface area contributed by atoms with Gasteiger partial charge in [0.05, 0.1) is 0 Å². The quantitative estimate of drug-likeness (QED) is 0.691. The van der Waals surface area contributed by atoms with Crippen molar-refractivity contribution in [2.45, 2.75) is 39.2 Å². The van der Waals surface area contributed by atoms with Crippen LogP contribution >= 0.6 is 0 Å². The van der Waals surface area contributed by atoms with Gasteiger partial charge in [-0.1, -0.05) is 12.8 Å². The van der Waals surface area contributed by atoms with E-state index in [2.05, 4.69) is 11.4 Å². The predicted molar refractivity (Wildman–Crippen MR) is 72.1 cm³/mol. The van der Waals surface area contributed by atoms with Gasteiger partial charge in [-0.3, -0.25) is 0 Å². The van der Waals surface area contributed by atoms with E-state index >= 15 is 0 Å². The summed E-state index contributed by atoms with van der Waals surface area (Å²) in [5.74, 6) is 0. The fourth-order valence-electron chi connectivity index (χ4n) is 1.99. The third-order valence-electron chi connectivity index (χ3n) is 3.33. The molecule has 0 spiro atoms. The van der Waals surface area contributed by atoms with Crippen molar-refractivity contribution in [1.29, 1.82) is 5.26 Å². The normalized spacial score (nSPS) is 10.6. The van der Waals surface area contributed by atoms with E-state index in [4.69, 9.17) is 10.4 Å². The smallest absolute Gasteiger partial charge is 0.120 e. The van der Waals surface area contributed by atoms with Crippen LogP contribution in [0.3, 0.4) is 0 Å². The molecule has 0 unspecified atom stereocenters. The first-order valence-electron chi connectivity index (χ1n) is 6.57. The Balaban J connectivity index is 2.26. The fourth-order valence-corrected chi connectivity index (χ4v) is 1.99. The summed E-state index contributed by atoms with van der Waals surface area (Å²) in [6.45, 7) is 4.15. The Morgan fingerprint density at radius 2 is 2.06 bits per heavy atom. The van der Waals surface area contributed by atoms with Crippen molar-refractivity contribution < 1.29 is 5.11 Å². The van der Waals surface area contributed by atoms with Gasteiger partial charge >= 0.3 is 0 Å². The molecule has 0 aromatic carbocycles. The van der Waals surface area contributed by atoms with Crippen LogP contribution in [-0.4, -0.2) is 22.8 Å². The minimum atomic E-state index is 0.299. The lowest BCUT2D eigenvalue weighted by molar-refractivity contribution is 0.282. The number of nitrogens with zero attached hydrogens (tertiary/aromatic N) is 2. The number of hydrogen-bond donors (Lipinski definition) is 2. The van der Waals surface area contributed by atoms with Gasteiger partial charge in [-0.05, 0) is 37.9 Å². The van der Waals surface area contributed by atoms with E-state index in [1.54, 1.807) is 0 Å². The molecule has 0 saturated carbocycles. The summed E-state index contributed by atoms with van der Waals surface area (Å²) in [5, 5.41) is 21.0. The van der Waals surface area contributed by atoms with Crippen molar-refractivity contribution in [1.82, 2.24) is 9.88 Å². The zero-order valence-electron chi connectivity index (χ0n) is 11.4. The Bertz CT molecular complexity index is 404. The van der Waals surface area contributed by atoms with E-state index in [-0.39, 0.29) is 0 Å². The van der Waals surface area contributed by atoms with E-state index in [0.717, 1.165) is 44.5 Å². The standard InChI is InChI=1S/C14H23N3O/c1-12-13(9-14(10-15)17(12)2)11-16-7-5-3-4-6-8-18/h9,16,18H,3-8,11H2,1-2H3. The molecule has 18 heavy (non-hydrogen) atoms. The second-order valence-electron chi connectivity index (χ2n) is 4.63. The number of hydrogen-bond acceptors (Lipinski definition) is 3. The van der Waals surface area contributed by atoms with Crippen LogP contribution in [0.15, 0.2) is 6.07 Å². The summed E-state index contributed by atoms with van der Waals surface area (Å²) in [7, 11) is 1.92. The Kier molecular flexibility index (Phi) is 6.48. The largest absolute Gasteiger partial charge is 0.396 e. The van der Waals surface area contributed by atoms with Gasteiger partial charge < -0.3 is 15.0 Å². The summed E-state index contributed by atoms with van der Waals surface area (Å²) in [6, 6.07) is 4.15. The molecule has 0 amide bonds. The summed E-state index contributed by atoms with van der Waals surface area (Å²) >= 11 is 0. The molecule has 0 radical (unpaired) electrons. The third kappa shape index (κ3) is 4.17. The molecule has 0 aliphatic carbocycles. The Labute approximate surface area is 109 Å². The van der Waals surface area contributed by atoms with E-state index in [1.165, 1.54) is 5.56 Å². The van der Waals surface area contributed by atoms with E-state index in [9.17, 15) is 0 Å². The number of aromatic nitrogens is 1. The molecule has 0 bridgehead atoms. The van der Waals surface area contributed by atoms with Crippen LogP contribution in [0, 0.1) is 18.3 Å². The summed E-state index contributed by atoms with van der Waals surface area (Å²) in [5.41, 5.74) is 3.07. The maximum absolute atomic E-state index is 8.94. The topological polar surface area (TPSA) is 61.0 Å². The Hall–Kier alpha value is -1.31. The molecule has 0 aliphatic rings. The molecule has 4 nitrogen and oxygen atoms in total. The lowest BCUT2D eigenvalue weighted by atomic mass is 10.2. The highest BCUT2D eigenvalue weighted by atomic mass is 16.2. The van der Waals surface area contributed by atoms with Crippen molar-refractivity contribution in [3.63, 3.8) is 0 Å². The van der Waals surface area contributed by atoms with Gasteiger partial charge in [0.15, 0.2) is 0 Å². The number of unbranched alkanes of at least 4 members (excludes halogenated alkanes) is 3. The summed E-state index contributed by atoms with van der Waals surface area (Å²) in [6.07, 6.45) is 4.30. The van der Waals surface area contributed by atoms with E-state index in [1.807, 2.05) is 24.6 Å². The molecule has 2 N–H and O–H groups in total. The SMILES string of the molecule is Cc1c(CNCCCCCCO)cc(C#N)n1C. The second kappa shape index (κ2) is 7.91. The minimum absolute atomic E-state index is 0.299. The van der Waals surface area contributed by atoms with Crippen LogP contribution in [0.4, 0.5) is 0 Å². The van der Waals surface area contributed by atoms with Gasteiger partial charge in [-0.25, -0.2) is 0 Å². The van der Waals surface area contributed by atoms with Crippen molar-refractivity contribution in [2.24, 2.45) is 7.05 Å². The van der Waals surface area contributed by atoms with Gasteiger partial charge in [0.2, 0.25) is 0 Å². The molecule has 1 aromatic rings. The predicted octanol–water partition coefficient (Wildman–Crippen LogP) is 1.85. The molecule has 0 atom stereocenters. The first-order valence-corrected chi connectivity index (χ1v) is 6.57. The number of aliphatic hydroxyl groups excluding tert-OH is 1. The van der Waals surface area contributed by atoms with Gasteiger partial charge in [-0.2, -0.15) is 5.26 Å². The Morgan fingerprint density at radius 1 is 1.33 bits per heavy atom. The van der Waals surface area contributed by atoms with Crippen LogP contribution < -0.4 is 5.32 Å². The molecule has 1 heterocycles. The molecule has 1 aromatic heterocycles. The monoisotopic (exact) mass is 249 g/mol. The molecular weight excluding hydrogens is 226 g/mol. The van der Waals surface area contributed by atoms with Crippen LogP contribution in [0.1, 0.15) is 42.6 Å². The van der Waals surface area contributed by atoms with Crippen LogP contribution in [0.2, 0.25) is 0 Å². The third-order valence-corrected chi connectivity index (χ3v) is 3.33. The molecule has 0 saturated heterocycles. The minimum Gasteiger partial charge on any atom is -0.396 e. The Morgan fingerprint density at radius 3 is 2.67 bits per heavy atom. The number of rotatable bonds is 8. The highest BCUT2D eigenvalue weighted by Crippen LogP contribution is 2.12. The van der Waals surface area contributed by atoms with E-state index < -0.39 is 0 Å². The summed E-state index contributed by atoms with van der Waals surface area (Å²) in [4.78, 5) is 0. The average Bonchev–Trinajstić information content (AvgIpc) is 2.65.